The summed E-state index contributed by atoms with van der Waals surface area (Å²) < 4.78 is 37.0. The van der Waals surface area contributed by atoms with E-state index in [2.05, 4.69) is 15.2 Å². The summed E-state index contributed by atoms with van der Waals surface area (Å²) in [5, 5.41) is 9.57. The number of aromatic nitrogens is 6. The van der Waals surface area contributed by atoms with Crippen molar-refractivity contribution >= 4 is 39.5 Å². The van der Waals surface area contributed by atoms with Crippen molar-refractivity contribution in [3.8, 4) is 0 Å². The molecule has 0 spiro atoms. The van der Waals surface area contributed by atoms with Gasteiger partial charge in [0.1, 0.15) is 5.82 Å². The van der Waals surface area contributed by atoms with Gasteiger partial charge in [-0.15, -0.1) is 10.2 Å². The van der Waals surface area contributed by atoms with Gasteiger partial charge in [0, 0.05) is 20.3 Å². The van der Waals surface area contributed by atoms with E-state index in [1.165, 1.54) is 11.8 Å². The Morgan fingerprint density at radius 2 is 1.82 bits per heavy atom. The molecule has 0 aliphatic heterocycles. The van der Waals surface area contributed by atoms with Crippen LogP contribution in [-0.4, -0.2) is 42.4 Å². The smallest absolute Gasteiger partial charge is 0.320 e. The minimum absolute atomic E-state index is 0.155. The van der Waals surface area contributed by atoms with E-state index < -0.39 is 6.55 Å². The molecule has 0 fully saturated rings. The molecule has 3 heterocycles. The van der Waals surface area contributed by atoms with Crippen molar-refractivity contribution in [1.82, 2.24) is 28.7 Å². The zero-order chi connectivity index (χ0) is 22.9. The summed E-state index contributed by atoms with van der Waals surface area (Å²) in [5.74, 6) is 0.807. The number of hydrogen-bond acceptors (Lipinski definition) is 6. The number of alkyl halides is 2. The zero-order valence-corrected chi connectivity index (χ0v) is 18.5. The van der Waals surface area contributed by atoms with Gasteiger partial charge in [-0.05, 0) is 30.7 Å². The van der Waals surface area contributed by atoms with Gasteiger partial charge in [-0.2, -0.15) is 8.78 Å². The first kappa shape index (κ1) is 21.5. The number of para-hydroxylation sites is 3. The monoisotopic (exact) mass is 470 g/mol. The summed E-state index contributed by atoms with van der Waals surface area (Å²) in [6.07, 6.45) is 0.637. The van der Waals surface area contributed by atoms with E-state index in [0.717, 1.165) is 4.57 Å². The highest BCUT2D eigenvalue weighted by Crippen LogP contribution is 2.29. The van der Waals surface area contributed by atoms with Crippen molar-refractivity contribution < 1.29 is 13.5 Å². The molecule has 0 radical (unpaired) electrons. The number of halogens is 2. The lowest BCUT2D eigenvalue weighted by molar-refractivity contribution is 0.0722. The summed E-state index contributed by atoms with van der Waals surface area (Å²) in [7, 11) is 1.61. The minimum atomic E-state index is -2.71. The van der Waals surface area contributed by atoms with Crippen molar-refractivity contribution in [3.05, 3.63) is 64.7 Å². The van der Waals surface area contributed by atoms with Crippen LogP contribution in [0.25, 0.3) is 27.7 Å². The molecule has 11 heteroatoms. The second-order valence-corrected chi connectivity index (χ2v) is 8.33. The van der Waals surface area contributed by atoms with Crippen LogP contribution < -0.4 is 5.56 Å². The fourth-order valence-corrected chi connectivity index (χ4v) is 4.81. The average molecular weight is 471 g/mol. The maximum atomic E-state index is 13.8. The van der Waals surface area contributed by atoms with Crippen LogP contribution in [0.15, 0.2) is 58.5 Å². The summed E-state index contributed by atoms with van der Waals surface area (Å²) in [5.41, 5.74) is 1.40. The van der Waals surface area contributed by atoms with Gasteiger partial charge in [-0.1, -0.05) is 36.0 Å². The van der Waals surface area contributed by atoms with E-state index in [1.807, 2.05) is 12.1 Å². The zero-order valence-electron chi connectivity index (χ0n) is 17.7. The Morgan fingerprint density at radius 3 is 2.61 bits per heavy atom. The molecule has 0 aliphatic carbocycles. The molecule has 0 bridgehead atoms. The standard InChI is InChI=1S/C22H20F2N6O2S/c1-32-12-6-11-28-19(31)14-7-2-4-9-16(14)30-21(28)26-27-22(30)33-13-18-25-15-8-3-5-10-17(15)29(18)20(23)24/h2-5,7-10,20H,6,11-13H2,1H3. The molecule has 0 amide bonds. The third-order valence-electron chi connectivity index (χ3n) is 5.40. The highest BCUT2D eigenvalue weighted by atomic mass is 32.2. The SMILES string of the molecule is COCCCn1c(=O)c2ccccc2n2c(SCc3nc4ccccc4n3C(F)F)nnc12. The number of fused-ring (bicyclic) bond motifs is 4. The number of aryl methyl sites for hydroxylation is 1. The largest absolute Gasteiger partial charge is 0.385 e. The van der Waals surface area contributed by atoms with Gasteiger partial charge in [0.25, 0.3) is 5.56 Å². The van der Waals surface area contributed by atoms with E-state index >= 15 is 0 Å². The second-order valence-electron chi connectivity index (χ2n) is 7.39. The van der Waals surface area contributed by atoms with Gasteiger partial charge in [0.15, 0.2) is 5.16 Å². The lowest BCUT2D eigenvalue weighted by Gasteiger charge is -2.11. The Hall–Kier alpha value is -3.31. The quantitative estimate of drug-likeness (QED) is 0.251. The Morgan fingerprint density at radius 1 is 1.06 bits per heavy atom. The van der Waals surface area contributed by atoms with Crippen molar-refractivity contribution in [2.75, 3.05) is 13.7 Å². The number of rotatable bonds is 8. The molecule has 33 heavy (non-hydrogen) atoms. The predicted molar refractivity (Wildman–Crippen MR) is 122 cm³/mol. The molecular formula is C22H20F2N6O2S. The molecule has 5 rings (SSSR count). The summed E-state index contributed by atoms with van der Waals surface area (Å²) in [6.45, 7) is -1.79. The Kier molecular flexibility index (Phi) is 5.81. The highest BCUT2D eigenvalue weighted by molar-refractivity contribution is 7.98. The van der Waals surface area contributed by atoms with Gasteiger partial charge in [-0.3, -0.25) is 18.3 Å². The average Bonchev–Trinajstić information content (AvgIpc) is 3.41. The minimum Gasteiger partial charge on any atom is -0.385 e. The Bertz CT molecular complexity index is 1510. The van der Waals surface area contributed by atoms with Crippen LogP contribution in [0.2, 0.25) is 0 Å². The molecule has 0 unspecified atom stereocenters. The molecule has 0 N–H and O–H groups in total. The van der Waals surface area contributed by atoms with Crippen molar-refractivity contribution in [2.24, 2.45) is 0 Å². The molecule has 2 aromatic carbocycles. The lowest BCUT2D eigenvalue weighted by atomic mass is 10.2. The van der Waals surface area contributed by atoms with E-state index in [-0.39, 0.29) is 17.1 Å². The normalized spacial score (nSPS) is 12.0. The first-order valence-corrected chi connectivity index (χ1v) is 11.3. The van der Waals surface area contributed by atoms with Crippen molar-refractivity contribution in [1.29, 1.82) is 0 Å². The summed E-state index contributed by atoms with van der Waals surface area (Å²) in [6, 6.07) is 14.0. The van der Waals surface area contributed by atoms with E-state index in [9.17, 15) is 13.6 Å². The number of nitrogens with zero attached hydrogens (tertiary/aromatic N) is 6. The second kappa shape index (κ2) is 8.91. The molecule has 3 aromatic heterocycles. The topological polar surface area (TPSA) is 79.2 Å². The number of methoxy groups -OCH3 is 1. The van der Waals surface area contributed by atoms with Crippen molar-refractivity contribution in [3.63, 3.8) is 0 Å². The van der Waals surface area contributed by atoms with Crippen LogP contribution in [-0.2, 0) is 17.0 Å². The third-order valence-corrected chi connectivity index (χ3v) is 6.33. The molecule has 0 saturated heterocycles. The highest BCUT2D eigenvalue weighted by Gasteiger charge is 2.20. The Labute approximate surface area is 190 Å². The van der Waals surface area contributed by atoms with E-state index in [1.54, 1.807) is 52.5 Å². The Balaban J connectivity index is 1.58. The maximum Gasteiger partial charge on any atom is 0.320 e. The maximum absolute atomic E-state index is 13.8. The van der Waals surface area contributed by atoms with E-state index in [0.29, 0.717) is 52.4 Å². The fourth-order valence-electron chi connectivity index (χ4n) is 3.94. The van der Waals surface area contributed by atoms with Crippen LogP contribution in [0.3, 0.4) is 0 Å². The molecular weight excluding hydrogens is 450 g/mol. The number of benzene rings is 2. The molecule has 170 valence electrons. The van der Waals surface area contributed by atoms with Gasteiger partial charge in [0.2, 0.25) is 5.78 Å². The third kappa shape index (κ3) is 3.76. The molecule has 8 nitrogen and oxygen atoms in total. The first-order valence-electron chi connectivity index (χ1n) is 10.3. The molecule has 0 aliphatic rings. The van der Waals surface area contributed by atoms with Crippen LogP contribution in [0.1, 0.15) is 18.8 Å². The fraction of sp³-hybridized carbons (Fsp3) is 0.273. The summed E-state index contributed by atoms with van der Waals surface area (Å²) in [4.78, 5) is 17.5. The van der Waals surface area contributed by atoms with Gasteiger partial charge in [-0.25, -0.2) is 4.98 Å². The molecule has 0 saturated carbocycles. The number of thioether (sulfide) groups is 1. The van der Waals surface area contributed by atoms with Gasteiger partial charge < -0.3 is 4.74 Å². The number of imidazole rings is 1. The first-order chi connectivity index (χ1) is 16.1. The predicted octanol–water partition coefficient (Wildman–Crippen LogP) is 4.12. The van der Waals surface area contributed by atoms with Crippen LogP contribution in [0.5, 0.6) is 0 Å². The molecule has 5 aromatic rings. The van der Waals surface area contributed by atoms with Gasteiger partial charge >= 0.3 is 6.55 Å². The lowest BCUT2D eigenvalue weighted by Crippen LogP contribution is -2.24. The van der Waals surface area contributed by atoms with Gasteiger partial charge in [0.05, 0.1) is 27.7 Å². The van der Waals surface area contributed by atoms with Crippen LogP contribution in [0.4, 0.5) is 8.78 Å². The number of hydrogen-bond donors (Lipinski definition) is 0. The van der Waals surface area contributed by atoms with Crippen molar-refractivity contribution in [2.45, 2.75) is 30.4 Å². The van der Waals surface area contributed by atoms with Crippen LogP contribution in [0, 0.1) is 0 Å². The van der Waals surface area contributed by atoms with E-state index in [4.69, 9.17) is 4.74 Å². The number of ether oxygens (including phenoxy) is 1. The molecule has 0 atom stereocenters. The van der Waals surface area contributed by atoms with Crippen LogP contribution >= 0.6 is 11.8 Å². The summed E-state index contributed by atoms with van der Waals surface area (Å²) >= 11 is 1.25.